The summed E-state index contributed by atoms with van der Waals surface area (Å²) in [6, 6.07) is 6.23. The molecule has 0 aromatic heterocycles. The zero-order valence-electron chi connectivity index (χ0n) is 16.5. The molecule has 3 rings (SSSR count). The average Bonchev–Trinajstić information content (AvgIpc) is 2.98. The molecule has 2 saturated heterocycles. The Morgan fingerprint density at radius 1 is 1.14 bits per heavy atom. The molecule has 2 heterocycles. The lowest BCUT2D eigenvalue weighted by Crippen LogP contribution is -2.47. The van der Waals surface area contributed by atoms with Gasteiger partial charge >= 0.3 is 0 Å². The number of ether oxygens (including phenoxy) is 1. The first-order valence-corrected chi connectivity index (χ1v) is 13.1. The highest BCUT2D eigenvalue weighted by atomic mass is 32.2. The molecule has 0 unspecified atom stereocenters. The van der Waals surface area contributed by atoms with Gasteiger partial charge in [0, 0.05) is 32.2 Å². The third-order valence-electron chi connectivity index (χ3n) is 5.51. The van der Waals surface area contributed by atoms with E-state index in [1.54, 1.807) is 12.1 Å². The van der Waals surface area contributed by atoms with Crippen LogP contribution in [-0.4, -0.2) is 83.9 Å². The van der Waals surface area contributed by atoms with Crippen LogP contribution in [0.15, 0.2) is 29.2 Å². The van der Waals surface area contributed by atoms with Gasteiger partial charge in [0.15, 0.2) is 19.7 Å². The molecule has 1 aromatic carbocycles. The second-order valence-electron chi connectivity index (χ2n) is 7.90. The largest absolute Gasteiger partial charge is 0.379 e. The van der Waals surface area contributed by atoms with Crippen molar-refractivity contribution in [2.75, 3.05) is 50.9 Å². The fourth-order valence-electron chi connectivity index (χ4n) is 3.76. The molecule has 28 heavy (non-hydrogen) atoms. The summed E-state index contributed by atoms with van der Waals surface area (Å²) in [5.74, 6) is -0.154. The zero-order chi connectivity index (χ0) is 20.4. The van der Waals surface area contributed by atoms with E-state index >= 15 is 0 Å². The van der Waals surface area contributed by atoms with Gasteiger partial charge in [-0.2, -0.15) is 0 Å². The number of nitrogens with zero attached hydrogens (tertiary/aromatic N) is 1. The molecule has 0 bridgehead atoms. The Morgan fingerprint density at radius 3 is 2.39 bits per heavy atom. The number of morpholine rings is 1. The van der Waals surface area contributed by atoms with Gasteiger partial charge in [-0.15, -0.1) is 0 Å². The van der Waals surface area contributed by atoms with Gasteiger partial charge in [0.1, 0.15) is 0 Å². The van der Waals surface area contributed by atoms with Crippen molar-refractivity contribution in [1.29, 1.82) is 0 Å². The van der Waals surface area contributed by atoms with Crippen molar-refractivity contribution in [1.82, 2.24) is 10.2 Å². The van der Waals surface area contributed by atoms with Crippen LogP contribution in [-0.2, 0) is 24.4 Å². The maximum Gasteiger partial charge on any atom is 0.183 e. The van der Waals surface area contributed by atoms with Crippen LogP contribution in [0.25, 0.3) is 0 Å². The van der Waals surface area contributed by atoms with Gasteiger partial charge in [0.25, 0.3) is 0 Å². The summed E-state index contributed by atoms with van der Waals surface area (Å²) in [4.78, 5) is 2.42. The molecule has 1 N–H and O–H groups in total. The molecule has 2 aliphatic rings. The molecular formula is C19H30N2O5S2. The minimum atomic E-state index is -3.73. The van der Waals surface area contributed by atoms with Gasteiger partial charge in [-0.1, -0.05) is 26.0 Å². The molecule has 2 atom stereocenters. The summed E-state index contributed by atoms with van der Waals surface area (Å²) in [7, 11) is -7.12. The molecule has 158 valence electrons. The summed E-state index contributed by atoms with van der Waals surface area (Å²) in [5, 5.41) is 2.25. The van der Waals surface area contributed by atoms with Crippen molar-refractivity contribution < 1.29 is 21.6 Å². The van der Waals surface area contributed by atoms with E-state index in [9.17, 15) is 16.8 Å². The highest BCUT2D eigenvalue weighted by molar-refractivity contribution is 7.96. The fourth-order valence-corrected chi connectivity index (χ4v) is 8.48. The molecule has 0 radical (unpaired) electrons. The quantitative estimate of drug-likeness (QED) is 0.680. The molecule has 2 aliphatic heterocycles. The maximum absolute atomic E-state index is 13.1. The molecule has 0 spiro atoms. The van der Waals surface area contributed by atoms with E-state index in [0.717, 1.165) is 25.2 Å². The number of benzene rings is 1. The Morgan fingerprint density at radius 2 is 1.79 bits per heavy atom. The summed E-state index contributed by atoms with van der Waals surface area (Å²) in [5.41, 5.74) is 1.05. The Kier molecular flexibility index (Phi) is 6.81. The SMILES string of the molecule is CC(C)c1ccc(S(=O)(=O)[C@H]2CS(=O)(=O)C[C@@H]2NCCN2CCOCC2)cc1. The monoisotopic (exact) mass is 430 g/mol. The third kappa shape index (κ3) is 5.13. The van der Waals surface area contributed by atoms with E-state index in [-0.39, 0.29) is 16.4 Å². The lowest BCUT2D eigenvalue weighted by atomic mass is 10.0. The van der Waals surface area contributed by atoms with Gasteiger partial charge in [-0.25, -0.2) is 16.8 Å². The number of sulfone groups is 2. The highest BCUT2D eigenvalue weighted by Crippen LogP contribution is 2.27. The van der Waals surface area contributed by atoms with Gasteiger partial charge < -0.3 is 10.1 Å². The number of hydrogen-bond acceptors (Lipinski definition) is 7. The number of nitrogens with one attached hydrogen (secondary N) is 1. The van der Waals surface area contributed by atoms with E-state index in [2.05, 4.69) is 10.2 Å². The van der Waals surface area contributed by atoms with Gasteiger partial charge in [-0.3, -0.25) is 4.90 Å². The predicted octanol–water partition coefficient (Wildman–Crippen LogP) is 0.671. The zero-order valence-corrected chi connectivity index (χ0v) is 18.1. The Hall–Kier alpha value is -1.00. The minimum absolute atomic E-state index is 0.135. The summed E-state index contributed by atoms with van der Waals surface area (Å²) >= 11 is 0. The summed E-state index contributed by atoms with van der Waals surface area (Å²) in [6.07, 6.45) is 0. The van der Waals surface area contributed by atoms with Crippen LogP contribution in [0.3, 0.4) is 0 Å². The van der Waals surface area contributed by atoms with E-state index in [1.807, 2.05) is 26.0 Å². The van der Waals surface area contributed by atoms with Crippen molar-refractivity contribution in [3.8, 4) is 0 Å². The van der Waals surface area contributed by atoms with E-state index < -0.39 is 31.0 Å². The molecule has 0 amide bonds. The highest BCUT2D eigenvalue weighted by Gasteiger charge is 2.45. The molecule has 0 aliphatic carbocycles. The fraction of sp³-hybridized carbons (Fsp3) is 0.684. The third-order valence-corrected chi connectivity index (χ3v) is 9.68. The van der Waals surface area contributed by atoms with Crippen molar-refractivity contribution >= 4 is 19.7 Å². The Labute approximate surface area is 168 Å². The smallest absolute Gasteiger partial charge is 0.183 e. The molecule has 7 nitrogen and oxygen atoms in total. The maximum atomic E-state index is 13.1. The molecule has 0 saturated carbocycles. The van der Waals surface area contributed by atoms with Gasteiger partial charge in [0.05, 0.1) is 34.9 Å². The molecule has 2 fully saturated rings. The van der Waals surface area contributed by atoms with Crippen LogP contribution in [0.5, 0.6) is 0 Å². The Bertz CT molecular complexity index is 860. The lowest BCUT2D eigenvalue weighted by molar-refractivity contribution is 0.0382. The number of rotatable bonds is 7. The lowest BCUT2D eigenvalue weighted by Gasteiger charge is -2.27. The second kappa shape index (κ2) is 8.79. The van der Waals surface area contributed by atoms with Crippen molar-refractivity contribution in [2.45, 2.75) is 36.0 Å². The second-order valence-corrected chi connectivity index (χ2v) is 12.2. The van der Waals surface area contributed by atoms with Crippen LogP contribution < -0.4 is 5.32 Å². The van der Waals surface area contributed by atoms with E-state index in [4.69, 9.17) is 4.74 Å². The molecular weight excluding hydrogens is 400 g/mol. The van der Waals surface area contributed by atoms with Crippen LogP contribution in [0.1, 0.15) is 25.3 Å². The predicted molar refractivity (Wildman–Crippen MR) is 109 cm³/mol. The summed E-state index contributed by atoms with van der Waals surface area (Å²) in [6.45, 7) is 8.46. The molecule has 1 aromatic rings. The standard InChI is InChI=1S/C19H30N2O5S2/c1-15(2)16-3-5-17(6-4-16)28(24,25)19-14-27(22,23)13-18(19)20-7-8-21-9-11-26-12-10-21/h3-6,15,18-20H,7-14H2,1-2H3/t18-,19-/m0/s1. The van der Waals surface area contributed by atoms with Crippen LogP contribution in [0, 0.1) is 0 Å². The topological polar surface area (TPSA) is 92.8 Å². The van der Waals surface area contributed by atoms with Crippen molar-refractivity contribution in [3.63, 3.8) is 0 Å². The van der Waals surface area contributed by atoms with Crippen LogP contribution in [0.2, 0.25) is 0 Å². The average molecular weight is 431 g/mol. The summed E-state index contributed by atoms with van der Waals surface area (Å²) < 4.78 is 56.0. The van der Waals surface area contributed by atoms with Crippen LogP contribution >= 0.6 is 0 Å². The van der Waals surface area contributed by atoms with E-state index in [0.29, 0.717) is 25.7 Å². The van der Waals surface area contributed by atoms with Crippen molar-refractivity contribution in [3.05, 3.63) is 29.8 Å². The van der Waals surface area contributed by atoms with E-state index in [1.165, 1.54) is 0 Å². The normalized spacial score (nSPS) is 26.0. The first kappa shape index (κ1) is 21.7. The minimum Gasteiger partial charge on any atom is -0.379 e. The van der Waals surface area contributed by atoms with Gasteiger partial charge in [0.2, 0.25) is 0 Å². The molecule has 9 heteroatoms. The van der Waals surface area contributed by atoms with Gasteiger partial charge in [-0.05, 0) is 23.6 Å². The first-order chi connectivity index (χ1) is 13.2. The van der Waals surface area contributed by atoms with Crippen molar-refractivity contribution in [2.24, 2.45) is 0 Å². The van der Waals surface area contributed by atoms with Crippen LogP contribution in [0.4, 0.5) is 0 Å². The Balaban J connectivity index is 1.71. The number of hydrogen-bond donors (Lipinski definition) is 1. The first-order valence-electron chi connectivity index (χ1n) is 9.77.